The zero-order valence-corrected chi connectivity index (χ0v) is 6.60. The van der Waals surface area contributed by atoms with Crippen LogP contribution >= 0.6 is 8.46 Å². The van der Waals surface area contributed by atoms with Crippen LogP contribution in [0.2, 0.25) is 0 Å². The highest BCUT2D eigenvalue weighted by molar-refractivity contribution is 7.23. The van der Waals surface area contributed by atoms with E-state index in [9.17, 15) is 9.36 Å². The van der Waals surface area contributed by atoms with Crippen molar-refractivity contribution in [3.63, 3.8) is 0 Å². The van der Waals surface area contributed by atoms with Crippen molar-refractivity contribution in [3.05, 3.63) is 0 Å². The molecule has 3 N–H and O–H groups in total. The van der Waals surface area contributed by atoms with Gasteiger partial charge in [-0.25, -0.2) is 0 Å². The first-order valence-corrected chi connectivity index (χ1v) is 3.82. The van der Waals surface area contributed by atoms with E-state index >= 15 is 0 Å². The Labute approximate surface area is 60.6 Å². The normalized spacial score (nSPS) is 16.6. The molecule has 5 heteroatoms. The van der Waals surface area contributed by atoms with Crippen LogP contribution in [0.3, 0.4) is 0 Å². The zero-order chi connectivity index (χ0) is 8.20. The third-order valence-electron chi connectivity index (χ3n) is 1.21. The average molecular weight is 163 g/mol. The van der Waals surface area contributed by atoms with Crippen molar-refractivity contribution in [2.45, 2.75) is 18.9 Å². The molecule has 0 bridgehead atoms. The molecule has 0 aliphatic rings. The molecule has 4 nitrogen and oxygen atoms in total. The molecule has 58 valence electrons. The summed E-state index contributed by atoms with van der Waals surface area (Å²) in [7, 11) is -0.0584. The summed E-state index contributed by atoms with van der Waals surface area (Å²) in [6.07, 6.45) is 0.521. The summed E-state index contributed by atoms with van der Waals surface area (Å²) in [5.41, 5.74) is 4.06. The second-order valence-corrected chi connectivity index (χ2v) is 3.03. The summed E-state index contributed by atoms with van der Waals surface area (Å²) in [6.45, 7) is 1.40. The van der Waals surface area contributed by atoms with Crippen molar-refractivity contribution >= 4 is 14.4 Å². The van der Waals surface area contributed by atoms with Gasteiger partial charge in [-0.2, -0.15) is 0 Å². The van der Waals surface area contributed by atoms with E-state index in [2.05, 4.69) is 0 Å². The molecule has 0 amide bonds. The first kappa shape index (κ1) is 9.53. The van der Waals surface area contributed by atoms with Crippen molar-refractivity contribution in [2.75, 3.05) is 6.16 Å². The Morgan fingerprint density at radius 2 is 2.30 bits per heavy atom. The van der Waals surface area contributed by atoms with Gasteiger partial charge in [-0.1, -0.05) is 0 Å². The average Bonchev–Trinajstić information content (AvgIpc) is 1.84. The predicted molar refractivity (Wildman–Crippen MR) is 37.3 cm³/mol. The molecule has 0 radical (unpaired) electrons. The number of aliphatic carboxylic acids is 1. The fraction of sp³-hybridized carbons (Fsp3) is 0.800. The summed E-state index contributed by atoms with van der Waals surface area (Å²) in [4.78, 5) is 10.3. The van der Waals surface area contributed by atoms with Crippen LogP contribution in [-0.2, 0) is 9.36 Å². The molecule has 0 saturated carbocycles. The van der Waals surface area contributed by atoms with Gasteiger partial charge >= 0.3 is 5.97 Å². The lowest BCUT2D eigenvalue weighted by Crippen LogP contribution is -2.45. The third-order valence-corrected chi connectivity index (χ3v) is 1.62. The number of hydrogen-bond acceptors (Lipinski definition) is 3. The van der Waals surface area contributed by atoms with E-state index in [0.29, 0.717) is 6.16 Å². The van der Waals surface area contributed by atoms with E-state index in [0.717, 1.165) is 0 Å². The molecule has 0 aliphatic carbocycles. The van der Waals surface area contributed by atoms with Gasteiger partial charge in [0.15, 0.2) is 8.46 Å². The largest absolute Gasteiger partial charge is 0.480 e. The Balaban J connectivity index is 3.86. The number of hydrogen-bond donors (Lipinski definition) is 2. The van der Waals surface area contributed by atoms with Gasteiger partial charge in [0.25, 0.3) is 0 Å². The maximum Gasteiger partial charge on any atom is 0.323 e. The fourth-order valence-corrected chi connectivity index (χ4v) is 0.941. The van der Waals surface area contributed by atoms with Crippen LogP contribution < -0.4 is 5.73 Å². The highest BCUT2D eigenvalue weighted by atomic mass is 31.1. The lowest BCUT2D eigenvalue weighted by Gasteiger charge is -2.16. The monoisotopic (exact) mass is 163 g/mol. The van der Waals surface area contributed by atoms with Crippen LogP contribution in [-0.4, -0.2) is 22.8 Å². The molecule has 0 unspecified atom stereocenters. The lowest BCUT2D eigenvalue weighted by molar-refractivity contribution is -0.142. The summed E-state index contributed by atoms with van der Waals surface area (Å²) in [5, 5.41) is 8.44. The third kappa shape index (κ3) is 2.90. The van der Waals surface area contributed by atoms with Gasteiger partial charge in [0.2, 0.25) is 0 Å². The van der Waals surface area contributed by atoms with E-state index < -0.39 is 11.5 Å². The van der Waals surface area contributed by atoms with E-state index in [1.54, 1.807) is 0 Å². The highest BCUT2D eigenvalue weighted by Gasteiger charge is 2.26. The Morgan fingerprint density at radius 1 is 1.80 bits per heavy atom. The minimum absolute atomic E-state index is 0.0584. The van der Waals surface area contributed by atoms with E-state index in [4.69, 9.17) is 10.8 Å². The van der Waals surface area contributed by atoms with Crippen molar-refractivity contribution in [1.82, 2.24) is 0 Å². The molecule has 0 rings (SSSR count). The summed E-state index contributed by atoms with van der Waals surface area (Å²) < 4.78 is 9.92. The SMILES string of the molecule is C[C@](N)(CCP=O)C(=O)O. The highest BCUT2D eigenvalue weighted by Crippen LogP contribution is 2.09. The van der Waals surface area contributed by atoms with Crippen LogP contribution in [0.5, 0.6) is 0 Å². The number of carboxylic acids is 1. The van der Waals surface area contributed by atoms with Crippen LogP contribution in [0.25, 0.3) is 0 Å². The fourth-order valence-electron chi connectivity index (χ4n) is 0.385. The minimum atomic E-state index is -1.24. The first-order valence-electron chi connectivity index (χ1n) is 2.82. The smallest absolute Gasteiger partial charge is 0.323 e. The Hall–Kier alpha value is -0.470. The maximum absolute atomic E-state index is 10.3. The Morgan fingerprint density at radius 3 is 2.60 bits per heavy atom. The number of nitrogens with two attached hydrogens (primary N) is 1. The van der Waals surface area contributed by atoms with Crippen molar-refractivity contribution < 1.29 is 14.5 Å². The molecule has 1 atom stereocenters. The molecule has 0 aromatic heterocycles. The molecular formula is C5H10NO3P. The molecule has 0 saturated heterocycles. The van der Waals surface area contributed by atoms with Gasteiger partial charge in [0.05, 0.1) is 0 Å². The second kappa shape index (κ2) is 3.64. The summed E-state index contributed by atoms with van der Waals surface area (Å²) in [5.74, 6) is -1.06. The topological polar surface area (TPSA) is 80.4 Å². The quantitative estimate of drug-likeness (QED) is 0.590. The zero-order valence-electron chi connectivity index (χ0n) is 5.70. The van der Waals surface area contributed by atoms with Crippen LogP contribution in [0, 0.1) is 0 Å². The lowest BCUT2D eigenvalue weighted by atomic mass is 10.0. The number of rotatable bonds is 4. The van der Waals surface area contributed by atoms with Crippen LogP contribution in [0.1, 0.15) is 13.3 Å². The number of carboxylic acid groups (broad SMARTS) is 1. The van der Waals surface area contributed by atoms with Gasteiger partial charge in [-0.05, 0) is 13.3 Å². The van der Waals surface area contributed by atoms with Crippen molar-refractivity contribution in [3.8, 4) is 0 Å². The first-order chi connectivity index (χ1) is 4.50. The van der Waals surface area contributed by atoms with Gasteiger partial charge in [0, 0.05) is 6.16 Å². The molecule has 0 spiro atoms. The molecule has 0 aromatic carbocycles. The molecule has 0 heterocycles. The molecule has 0 aliphatic heterocycles. The molecule has 0 aromatic rings. The summed E-state index contributed by atoms with van der Waals surface area (Å²) >= 11 is 0. The minimum Gasteiger partial charge on any atom is -0.480 e. The van der Waals surface area contributed by atoms with Gasteiger partial charge < -0.3 is 10.8 Å². The van der Waals surface area contributed by atoms with Crippen molar-refractivity contribution in [2.24, 2.45) is 5.73 Å². The standard InChI is InChI=1S/C5H10NO3P/c1-5(6,4(7)8)2-3-10-9/h2-3,6H2,1H3,(H,7,8)/t5-/m0/s1. The molecular weight excluding hydrogens is 153 g/mol. The van der Waals surface area contributed by atoms with E-state index in [-0.39, 0.29) is 14.9 Å². The van der Waals surface area contributed by atoms with Gasteiger partial charge in [-0.3, -0.25) is 9.36 Å². The Bertz CT molecular complexity index is 146. The molecule has 10 heavy (non-hydrogen) atoms. The van der Waals surface area contributed by atoms with Crippen LogP contribution in [0.15, 0.2) is 0 Å². The second-order valence-electron chi connectivity index (χ2n) is 2.33. The van der Waals surface area contributed by atoms with Crippen LogP contribution in [0.4, 0.5) is 0 Å². The summed E-state index contributed by atoms with van der Waals surface area (Å²) in [6, 6.07) is 0. The number of carbonyl (C=O) groups is 1. The predicted octanol–water partition coefficient (Wildman–Crippen LogP) is 0.470. The van der Waals surface area contributed by atoms with Gasteiger partial charge in [-0.15, -0.1) is 0 Å². The van der Waals surface area contributed by atoms with Gasteiger partial charge in [0.1, 0.15) is 5.54 Å². The van der Waals surface area contributed by atoms with E-state index in [1.807, 2.05) is 0 Å². The van der Waals surface area contributed by atoms with E-state index in [1.165, 1.54) is 6.92 Å². The Kier molecular flexibility index (Phi) is 3.47. The maximum atomic E-state index is 10.3. The molecule has 0 fully saturated rings. The van der Waals surface area contributed by atoms with Crippen molar-refractivity contribution in [1.29, 1.82) is 0 Å².